The van der Waals surface area contributed by atoms with Gasteiger partial charge in [0.05, 0.1) is 12.2 Å². The van der Waals surface area contributed by atoms with Crippen LogP contribution in [0.1, 0.15) is 46.5 Å². The highest BCUT2D eigenvalue weighted by Crippen LogP contribution is 2.31. The molecular weight excluding hydrogens is 186 g/mol. The fraction of sp³-hybridized carbons (Fsp3) is 1.00. The summed E-state index contributed by atoms with van der Waals surface area (Å²) < 4.78 is 6.16. The Hall–Kier alpha value is -0.0800. The Morgan fingerprint density at radius 3 is 2.73 bits per heavy atom. The fourth-order valence-corrected chi connectivity index (χ4v) is 2.73. The second-order valence-corrected chi connectivity index (χ2v) is 5.81. The molecule has 1 aliphatic carbocycles. The van der Waals surface area contributed by atoms with Crippen LogP contribution in [-0.4, -0.2) is 24.8 Å². The predicted molar refractivity (Wildman–Crippen MR) is 62.9 cm³/mol. The lowest BCUT2D eigenvalue weighted by Gasteiger charge is -2.32. The molecule has 1 saturated carbocycles. The first kappa shape index (κ1) is 11.4. The number of ether oxygens (including phenoxy) is 1. The van der Waals surface area contributed by atoms with Crippen LogP contribution in [0.2, 0.25) is 0 Å². The van der Waals surface area contributed by atoms with Gasteiger partial charge in [0.1, 0.15) is 0 Å². The number of nitrogens with one attached hydrogen (secondary N) is 1. The van der Waals surface area contributed by atoms with Crippen LogP contribution in [0.5, 0.6) is 0 Å². The van der Waals surface area contributed by atoms with Gasteiger partial charge in [0, 0.05) is 12.6 Å². The first-order chi connectivity index (χ1) is 7.12. The van der Waals surface area contributed by atoms with Crippen LogP contribution < -0.4 is 5.32 Å². The van der Waals surface area contributed by atoms with Crippen molar-refractivity contribution in [3.63, 3.8) is 0 Å². The SMILES string of the molecule is CC(C)C1(C)CNC2CCCCC2CO1. The van der Waals surface area contributed by atoms with E-state index >= 15 is 0 Å². The van der Waals surface area contributed by atoms with Crippen LogP contribution in [0, 0.1) is 11.8 Å². The second-order valence-electron chi connectivity index (χ2n) is 5.81. The summed E-state index contributed by atoms with van der Waals surface area (Å²) in [6.07, 6.45) is 5.49. The fourth-order valence-electron chi connectivity index (χ4n) is 2.73. The number of hydrogen-bond acceptors (Lipinski definition) is 2. The normalized spacial score (nSPS) is 42.4. The molecule has 2 aliphatic rings. The van der Waals surface area contributed by atoms with E-state index in [-0.39, 0.29) is 5.60 Å². The van der Waals surface area contributed by atoms with E-state index in [0.29, 0.717) is 5.92 Å². The Balaban J connectivity index is 2.01. The van der Waals surface area contributed by atoms with Gasteiger partial charge in [-0.05, 0) is 31.6 Å². The van der Waals surface area contributed by atoms with Crippen molar-refractivity contribution < 1.29 is 4.74 Å². The third-order valence-corrected chi connectivity index (χ3v) is 4.47. The smallest absolute Gasteiger partial charge is 0.0801 e. The first-order valence-corrected chi connectivity index (χ1v) is 6.49. The van der Waals surface area contributed by atoms with E-state index in [1.807, 2.05) is 0 Å². The van der Waals surface area contributed by atoms with Gasteiger partial charge in [0.25, 0.3) is 0 Å². The summed E-state index contributed by atoms with van der Waals surface area (Å²) >= 11 is 0. The average Bonchev–Trinajstić information content (AvgIpc) is 2.40. The van der Waals surface area contributed by atoms with Gasteiger partial charge in [0.15, 0.2) is 0 Å². The lowest BCUT2D eigenvalue weighted by atomic mass is 9.85. The topological polar surface area (TPSA) is 21.3 Å². The third-order valence-electron chi connectivity index (χ3n) is 4.47. The van der Waals surface area contributed by atoms with Gasteiger partial charge in [-0.1, -0.05) is 26.7 Å². The van der Waals surface area contributed by atoms with E-state index in [1.165, 1.54) is 25.7 Å². The maximum absolute atomic E-state index is 6.16. The van der Waals surface area contributed by atoms with Crippen molar-refractivity contribution in [1.29, 1.82) is 0 Å². The molecule has 2 rings (SSSR count). The molecule has 0 spiro atoms. The lowest BCUT2D eigenvalue weighted by Crippen LogP contribution is -2.45. The van der Waals surface area contributed by atoms with Gasteiger partial charge in [-0.2, -0.15) is 0 Å². The Morgan fingerprint density at radius 2 is 2.00 bits per heavy atom. The highest BCUT2D eigenvalue weighted by atomic mass is 16.5. The van der Waals surface area contributed by atoms with E-state index in [0.717, 1.165) is 25.1 Å². The highest BCUT2D eigenvalue weighted by molar-refractivity contribution is 4.91. The summed E-state index contributed by atoms with van der Waals surface area (Å²) in [7, 11) is 0. The van der Waals surface area contributed by atoms with Crippen molar-refractivity contribution in [2.24, 2.45) is 11.8 Å². The van der Waals surface area contributed by atoms with E-state index in [2.05, 4.69) is 26.1 Å². The van der Waals surface area contributed by atoms with Gasteiger partial charge >= 0.3 is 0 Å². The molecule has 1 saturated heterocycles. The second kappa shape index (κ2) is 4.42. The van der Waals surface area contributed by atoms with E-state index < -0.39 is 0 Å². The average molecular weight is 211 g/mol. The Labute approximate surface area is 93.8 Å². The largest absolute Gasteiger partial charge is 0.373 e. The lowest BCUT2D eigenvalue weighted by molar-refractivity contribution is -0.0639. The molecule has 0 aromatic carbocycles. The van der Waals surface area contributed by atoms with Crippen LogP contribution in [0.3, 0.4) is 0 Å². The van der Waals surface area contributed by atoms with Crippen LogP contribution >= 0.6 is 0 Å². The summed E-state index contributed by atoms with van der Waals surface area (Å²) in [5, 5.41) is 3.73. The van der Waals surface area contributed by atoms with Crippen molar-refractivity contribution in [3.8, 4) is 0 Å². The molecule has 88 valence electrons. The highest BCUT2D eigenvalue weighted by Gasteiger charge is 2.37. The maximum Gasteiger partial charge on any atom is 0.0801 e. The zero-order valence-corrected chi connectivity index (χ0v) is 10.4. The minimum atomic E-state index is 0.0390. The Morgan fingerprint density at radius 1 is 1.27 bits per heavy atom. The molecule has 0 aromatic heterocycles. The van der Waals surface area contributed by atoms with Gasteiger partial charge in [-0.15, -0.1) is 0 Å². The number of rotatable bonds is 1. The monoisotopic (exact) mass is 211 g/mol. The maximum atomic E-state index is 6.16. The summed E-state index contributed by atoms with van der Waals surface area (Å²) in [4.78, 5) is 0. The van der Waals surface area contributed by atoms with E-state index in [1.54, 1.807) is 0 Å². The van der Waals surface area contributed by atoms with Crippen molar-refractivity contribution in [1.82, 2.24) is 5.32 Å². The zero-order chi connectivity index (χ0) is 10.9. The van der Waals surface area contributed by atoms with Crippen molar-refractivity contribution in [2.45, 2.75) is 58.1 Å². The molecule has 0 radical (unpaired) electrons. The van der Waals surface area contributed by atoms with Crippen LogP contribution in [-0.2, 0) is 4.74 Å². The van der Waals surface area contributed by atoms with Crippen molar-refractivity contribution >= 4 is 0 Å². The van der Waals surface area contributed by atoms with Gasteiger partial charge in [-0.25, -0.2) is 0 Å². The van der Waals surface area contributed by atoms with E-state index in [4.69, 9.17) is 4.74 Å². The summed E-state index contributed by atoms with van der Waals surface area (Å²) in [5.74, 6) is 1.35. The Kier molecular flexibility index (Phi) is 3.36. The Bertz CT molecular complexity index is 199. The molecule has 2 nitrogen and oxygen atoms in total. The quantitative estimate of drug-likeness (QED) is 0.720. The zero-order valence-electron chi connectivity index (χ0n) is 10.4. The van der Waals surface area contributed by atoms with Crippen molar-refractivity contribution in [2.75, 3.05) is 13.2 Å². The molecular formula is C13H25NO. The standard InChI is InChI=1S/C13H25NO/c1-10(2)13(3)9-14-12-7-5-4-6-11(12)8-15-13/h10-12,14H,4-9H2,1-3H3. The van der Waals surface area contributed by atoms with Gasteiger partial charge < -0.3 is 10.1 Å². The van der Waals surface area contributed by atoms with Gasteiger partial charge in [-0.3, -0.25) is 0 Å². The molecule has 0 bridgehead atoms. The molecule has 2 fully saturated rings. The molecule has 3 unspecified atom stereocenters. The van der Waals surface area contributed by atoms with Crippen molar-refractivity contribution in [3.05, 3.63) is 0 Å². The molecule has 1 N–H and O–H groups in total. The first-order valence-electron chi connectivity index (χ1n) is 6.49. The summed E-state index contributed by atoms with van der Waals surface area (Å²) in [6.45, 7) is 8.76. The number of fused-ring (bicyclic) bond motifs is 1. The summed E-state index contributed by atoms with van der Waals surface area (Å²) in [5.41, 5.74) is 0.0390. The number of hydrogen-bond donors (Lipinski definition) is 1. The molecule has 15 heavy (non-hydrogen) atoms. The van der Waals surface area contributed by atoms with E-state index in [9.17, 15) is 0 Å². The molecule has 1 heterocycles. The van der Waals surface area contributed by atoms with Crippen LogP contribution in [0.25, 0.3) is 0 Å². The van der Waals surface area contributed by atoms with Crippen LogP contribution in [0.4, 0.5) is 0 Å². The summed E-state index contributed by atoms with van der Waals surface area (Å²) in [6, 6.07) is 0.722. The molecule has 0 aromatic rings. The minimum Gasteiger partial charge on any atom is -0.373 e. The molecule has 0 amide bonds. The molecule has 3 atom stereocenters. The predicted octanol–water partition coefficient (Wildman–Crippen LogP) is 2.58. The van der Waals surface area contributed by atoms with Crippen LogP contribution in [0.15, 0.2) is 0 Å². The molecule has 1 aliphatic heterocycles. The minimum absolute atomic E-state index is 0.0390. The molecule has 2 heteroatoms. The van der Waals surface area contributed by atoms with Gasteiger partial charge in [0.2, 0.25) is 0 Å². The third kappa shape index (κ3) is 2.36.